The van der Waals surface area contributed by atoms with Crippen molar-refractivity contribution in [2.24, 2.45) is 0 Å². The first-order valence-electron chi connectivity index (χ1n) is 4.28. The highest BCUT2D eigenvalue weighted by molar-refractivity contribution is 6.32. The number of rotatable bonds is 4. The molecule has 7 heteroatoms. The van der Waals surface area contributed by atoms with Crippen LogP contribution in [0.3, 0.4) is 0 Å². The molecule has 1 aromatic rings. The summed E-state index contributed by atoms with van der Waals surface area (Å²) in [5, 5.41) is 12.7. The zero-order valence-electron chi connectivity index (χ0n) is 8.40. The summed E-state index contributed by atoms with van der Waals surface area (Å²) in [7, 11) is 1.46. The molecule has 0 aliphatic heterocycles. The minimum Gasteiger partial charge on any atom is -0.495 e. The van der Waals surface area contributed by atoms with Gasteiger partial charge in [0.05, 0.1) is 12.1 Å². The lowest BCUT2D eigenvalue weighted by Crippen LogP contribution is -2.21. The summed E-state index contributed by atoms with van der Waals surface area (Å²) in [6.07, 6.45) is 0. The molecule has 16 heavy (non-hydrogen) atoms. The summed E-state index contributed by atoms with van der Waals surface area (Å²) in [4.78, 5) is 20.4. The van der Waals surface area contributed by atoms with Crippen molar-refractivity contribution in [3.05, 3.63) is 33.3 Å². The standard InChI is InChI=1S/C9H9ClN2O4/c1-16-8-3-2-6(4-7(8)10)11-9(13)5-12(14)15/h2-4H,5H2,1H3,(H,11,13). The van der Waals surface area contributed by atoms with Crippen molar-refractivity contribution in [2.45, 2.75) is 0 Å². The number of halogens is 1. The van der Waals surface area contributed by atoms with Gasteiger partial charge in [-0.05, 0) is 18.2 Å². The van der Waals surface area contributed by atoms with Crippen LogP contribution in [0.5, 0.6) is 5.75 Å². The highest BCUT2D eigenvalue weighted by Crippen LogP contribution is 2.26. The predicted molar refractivity (Wildman–Crippen MR) is 58.5 cm³/mol. The van der Waals surface area contributed by atoms with Crippen molar-refractivity contribution in [3.8, 4) is 5.75 Å². The van der Waals surface area contributed by atoms with Gasteiger partial charge in [0.25, 0.3) is 12.5 Å². The Bertz CT molecular complexity index is 422. The number of nitrogens with one attached hydrogen (secondary N) is 1. The van der Waals surface area contributed by atoms with E-state index >= 15 is 0 Å². The van der Waals surface area contributed by atoms with Gasteiger partial charge >= 0.3 is 0 Å². The predicted octanol–water partition coefficient (Wildman–Crippen LogP) is 1.56. The third kappa shape index (κ3) is 3.39. The second-order valence-electron chi connectivity index (χ2n) is 2.89. The fourth-order valence-electron chi connectivity index (χ4n) is 1.06. The number of nitrogens with zero attached hydrogens (tertiary/aromatic N) is 1. The normalized spacial score (nSPS) is 9.62. The van der Waals surface area contributed by atoms with E-state index in [-0.39, 0.29) is 0 Å². The molecule has 0 heterocycles. The molecular weight excluding hydrogens is 236 g/mol. The third-order valence-corrected chi connectivity index (χ3v) is 2.00. The lowest BCUT2D eigenvalue weighted by atomic mass is 10.3. The minimum atomic E-state index is -0.774. The van der Waals surface area contributed by atoms with E-state index in [4.69, 9.17) is 16.3 Å². The Labute approximate surface area is 96.3 Å². The SMILES string of the molecule is COc1ccc(NC(=O)C[N+](=O)[O-])cc1Cl. The first-order chi connectivity index (χ1) is 7.52. The largest absolute Gasteiger partial charge is 0.495 e. The highest BCUT2D eigenvalue weighted by Gasteiger charge is 2.10. The summed E-state index contributed by atoms with van der Waals surface area (Å²) in [6.45, 7) is -0.774. The zero-order chi connectivity index (χ0) is 12.1. The smallest absolute Gasteiger partial charge is 0.296 e. The molecule has 0 aromatic heterocycles. The number of hydrogen-bond donors (Lipinski definition) is 1. The molecular formula is C9H9ClN2O4. The van der Waals surface area contributed by atoms with Gasteiger partial charge in [0, 0.05) is 10.6 Å². The number of benzene rings is 1. The first-order valence-corrected chi connectivity index (χ1v) is 4.66. The number of methoxy groups -OCH3 is 1. The molecule has 0 saturated carbocycles. The lowest BCUT2D eigenvalue weighted by molar-refractivity contribution is -0.467. The van der Waals surface area contributed by atoms with Crippen LogP contribution >= 0.6 is 11.6 Å². The molecule has 0 radical (unpaired) electrons. The van der Waals surface area contributed by atoms with Gasteiger partial charge in [-0.1, -0.05) is 11.6 Å². The van der Waals surface area contributed by atoms with E-state index in [9.17, 15) is 14.9 Å². The molecule has 1 amide bonds. The fourth-order valence-corrected chi connectivity index (χ4v) is 1.32. The summed E-state index contributed by atoms with van der Waals surface area (Å²) >= 11 is 5.81. The van der Waals surface area contributed by atoms with E-state index in [0.29, 0.717) is 16.5 Å². The highest BCUT2D eigenvalue weighted by atomic mass is 35.5. The van der Waals surface area contributed by atoms with E-state index < -0.39 is 17.4 Å². The van der Waals surface area contributed by atoms with Gasteiger partial charge in [0.2, 0.25) is 0 Å². The minimum absolute atomic E-state index is 0.321. The number of hydrogen-bond acceptors (Lipinski definition) is 4. The number of nitro groups is 1. The molecule has 0 spiro atoms. The quantitative estimate of drug-likeness (QED) is 0.644. The lowest BCUT2D eigenvalue weighted by Gasteiger charge is -2.06. The van der Waals surface area contributed by atoms with E-state index in [1.165, 1.54) is 13.2 Å². The number of carbonyl (C=O) groups is 1. The summed E-state index contributed by atoms with van der Waals surface area (Å²) in [5.74, 6) is -0.236. The Morgan fingerprint density at radius 2 is 2.31 bits per heavy atom. The van der Waals surface area contributed by atoms with Crippen LogP contribution in [0.25, 0.3) is 0 Å². The Morgan fingerprint density at radius 1 is 1.62 bits per heavy atom. The van der Waals surface area contributed by atoms with Gasteiger partial charge in [-0.2, -0.15) is 0 Å². The van der Waals surface area contributed by atoms with Gasteiger partial charge in [0.1, 0.15) is 5.75 Å². The van der Waals surface area contributed by atoms with E-state index in [1.54, 1.807) is 12.1 Å². The Hall–Kier alpha value is -1.82. The Morgan fingerprint density at radius 3 is 2.81 bits per heavy atom. The maximum absolute atomic E-state index is 11.1. The zero-order valence-corrected chi connectivity index (χ0v) is 9.15. The molecule has 0 bridgehead atoms. The monoisotopic (exact) mass is 244 g/mol. The van der Waals surface area contributed by atoms with Crippen LogP contribution in [0.15, 0.2) is 18.2 Å². The van der Waals surface area contributed by atoms with Crippen LogP contribution in [0.2, 0.25) is 5.02 Å². The van der Waals surface area contributed by atoms with Gasteiger partial charge in [0.15, 0.2) is 0 Å². The molecule has 1 rings (SSSR count). The molecule has 0 atom stereocenters. The van der Waals surface area contributed by atoms with Crippen molar-refractivity contribution in [3.63, 3.8) is 0 Å². The van der Waals surface area contributed by atoms with Crippen LogP contribution in [0.4, 0.5) is 5.69 Å². The van der Waals surface area contributed by atoms with Crippen LogP contribution < -0.4 is 10.1 Å². The topological polar surface area (TPSA) is 81.5 Å². The van der Waals surface area contributed by atoms with Crippen LogP contribution in [0.1, 0.15) is 0 Å². The van der Waals surface area contributed by atoms with Crippen molar-refractivity contribution in [2.75, 3.05) is 19.0 Å². The molecule has 6 nitrogen and oxygen atoms in total. The number of anilines is 1. The molecule has 1 aromatic carbocycles. The van der Waals surface area contributed by atoms with Crippen LogP contribution in [-0.2, 0) is 4.79 Å². The first kappa shape index (κ1) is 12.3. The van der Waals surface area contributed by atoms with E-state index in [1.807, 2.05) is 0 Å². The van der Waals surface area contributed by atoms with Gasteiger partial charge in [-0.15, -0.1) is 0 Å². The molecule has 0 unspecified atom stereocenters. The van der Waals surface area contributed by atoms with Crippen LogP contribution in [0, 0.1) is 10.1 Å². The molecule has 0 aliphatic rings. The second kappa shape index (κ2) is 5.32. The maximum atomic E-state index is 11.1. The van der Waals surface area contributed by atoms with Gasteiger partial charge in [-0.25, -0.2) is 0 Å². The maximum Gasteiger partial charge on any atom is 0.296 e. The van der Waals surface area contributed by atoms with Gasteiger partial charge < -0.3 is 10.1 Å². The van der Waals surface area contributed by atoms with E-state index in [0.717, 1.165) is 0 Å². The average Bonchev–Trinajstić information content (AvgIpc) is 2.16. The summed E-state index contributed by atoms with van der Waals surface area (Å²) in [5.41, 5.74) is 0.387. The fraction of sp³-hybridized carbons (Fsp3) is 0.222. The Balaban J connectivity index is 2.71. The average molecular weight is 245 g/mol. The van der Waals surface area contributed by atoms with Crippen molar-refractivity contribution >= 4 is 23.2 Å². The summed E-state index contributed by atoms with van der Waals surface area (Å²) in [6, 6.07) is 4.56. The second-order valence-corrected chi connectivity index (χ2v) is 3.30. The molecule has 0 saturated heterocycles. The number of carbonyl (C=O) groups excluding carboxylic acids is 1. The van der Waals surface area contributed by atoms with Crippen molar-refractivity contribution in [1.29, 1.82) is 0 Å². The molecule has 0 aliphatic carbocycles. The van der Waals surface area contributed by atoms with Gasteiger partial charge in [-0.3, -0.25) is 14.9 Å². The Kier molecular flexibility index (Phi) is 4.07. The summed E-state index contributed by atoms with van der Waals surface area (Å²) < 4.78 is 4.92. The van der Waals surface area contributed by atoms with Crippen molar-refractivity contribution < 1.29 is 14.5 Å². The molecule has 1 N–H and O–H groups in total. The molecule has 86 valence electrons. The number of ether oxygens (including phenoxy) is 1. The van der Waals surface area contributed by atoms with Crippen molar-refractivity contribution in [1.82, 2.24) is 0 Å². The van der Waals surface area contributed by atoms with E-state index in [2.05, 4.69) is 5.32 Å². The number of amides is 1. The molecule has 0 fully saturated rings. The third-order valence-electron chi connectivity index (χ3n) is 1.71. The van der Waals surface area contributed by atoms with Crippen LogP contribution in [-0.4, -0.2) is 24.5 Å².